The Labute approximate surface area is 79.0 Å². The van der Waals surface area contributed by atoms with E-state index >= 15 is 0 Å². The minimum absolute atomic E-state index is 0.00981. The number of fused-ring (bicyclic) bond motifs is 1. The quantitative estimate of drug-likeness (QED) is 0.663. The van der Waals surface area contributed by atoms with Gasteiger partial charge < -0.3 is 14.6 Å². The predicted octanol–water partition coefficient (Wildman–Crippen LogP) is 1.51. The van der Waals surface area contributed by atoms with Crippen molar-refractivity contribution in [1.29, 1.82) is 0 Å². The monoisotopic (exact) mass is 192 g/mol. The van der Waals surface area contributed by atoms with Crippen LogP contribution in [0.1, 0.15) is 5.76 Å². The highest BCUT2D eigenvalue weighted by Crippen LogP contribution is 2.25. The van der Waals surface area contributed by atoms with Gasteiger partial charge in [-0.25, -0.2) is 0 Å². The molecule has 0 saturated heterocycles. The van der Waals surface area contributed by atoms with E-state index in [1.165, 1.54) is 13.0 Å². The maximum atomic E-state index is 11.5. The Morgan fingerprint density at radius 1 is 1.29 bits per heavy atom. The van der Waals surface area contributed by atoms with Gasteiger partial charge in [0.25, 0.3) is 0 Å². The molecule has 2 rings (SSSR count). The number of benzene rings is 1. The Balaban J connectivity index is 3.07. The summed E-state index contributed by atoms with van der Waals surface area (Å²) >= 11 is 0. The number of aryl methyl sites for hydroxylation is 1. The molecule has 0 radical (unpaired) electrons. The fraction of sp³-hybridized carbons (Fsp3) is 0.100. The summed E-state index contributed by atoms with van der Waals surface area (Å²) in [5.74, 6) is -0.501. The molecule has 2 aromatic rings. The summed E-state index contributed by atoms with van der Waals surface area (Å²) in [6.07, 6.45) is 0. The van der Waals surface area contributed by atoms with Gasteiger partial charge >= 0.3 is 0 Å². The first kappa shape index (κ1) is 8.62. The lowest BCUT2D eigenvalue weighted by Gasteiger charge is -2.02. The smallest absolute Gasteiger partial charge is 0.238 e. The average molecular weight is 192 g/mol. The van der Waals surface area contributed by atoms with Gasteiger partial charge in [0.15, 0.2) is 0 Å². The molecule has 2 N–H and O–H groups in total. The third-order valence-electron chi connectivity index (χ3n) is 2.04. The van der Waals surface area contributed by atoms with Gasteiger partial charge in [-0.05, 0) is 19.1 Å². The van der Waals surface area contributed by atoms with Gasteiger partial charge in [0.2, 0.25) is 11.2 Å². The second-order valence-electron chi connectivity index (χ2n) is 2.99. The van der Waals surface area contributed by atoms with Crippen LogP contribution in [0.5, 0.6) is 11.5 Å². The lowest BCUT2D eigenvalue weighted by Crippen LogP contribution is -2.02. The van der Waals surface area contributed by atoms with Crippen molar-refractivity contribution >= 4 is 11.0 Å². The van der Waals surface area contributed by atoms with Crippen molar-refractivity contribution in [3.8, 4) is 11.5 Å². The molecular weight excluding hydrogens is 184 g/mol. The summed E-state index contributed by atoms with van der Waals surface area (Å²) in [5.41, 5.74) is -0.341. The fourth-order valence-electron chi connectivity index (χ4n) is 1.32. The summed E-state index contributed by atoms with van der Waals surface area (Å²) < 4.78 is 5.14. The number of hydrogen-bond acceptors (Lipinski definition) is 4. The molecule has 0 aliphatic rings. The van der Waals surface area contributed by atoms with Crippen LogP contribution in [-0.2, 0) is 0 Å². The minimum Gasteiger partial charge on any atom is -0.507 e. The Morgan fingerprint density at radius 3 is 2.71 bits per heavy atom. The third-order valence-corrected chi connectivity index (χ3v) is 2.04. The largest absolute Gasteiger partial charge is 0.507 e. The molecule has 0 aliphatic carbocycles. The van der Waals surface area contributed by atoms with Crippen molar-refractivity contribution < 1.29 is 14.6 Å². The van der Waals surface area contributed by atoms with Crippen LogP contribution in [0.3, 0.4) is 0 Å². The molecule has 72 valence electrons. The van der Waals surface area contributed by atoms with Gasteiger partial charge in [0.05, 0.1) is 0 Å². The maximum Gasteiger partial charge on any atom is 0.238 e. The molecule has 4 nitrogen and oxygen atoms in total. The van der Waals surface area contributed by atoms with E-state index in [9.17, 15) is 15.0 Å². The lowest BCUT2D eigenvalue weighted by atomic mass is 10.2. The molecule has 1 heterocycles. The molecule has 0 unspecified atom stereocenters. The summed E-state index contributed by atoms with van der Waals surface area (Å²) in [4.78, 5) is 11.5. The number of rotatable bonds is 0. The van der Waals surface area contributed by atoms with Crippen LogP contribution in [-0.4, -0.2) is 10.2 Å². The normalized spacial score (nSPS) is 10.6. The fourth-order valence-corrected chi connectivity index (χ4v) is 1.32. The molecule has 1 aromatic heterocycles. The first-order valence-electron chi connectivity index (χ1n) is 4.05. The Kier molecular flexibility index (Phi) is 1.70. The highest BCUT2D eigenvalue weighted by atomic mass is 16.4. The predicted molar refractivity (Wildman–Crippen MR) is 50.6 cm³/mol. The van der Waals surface area contributed by atoms with E-state index < -0.39 is 11.2 Å². The number of phenols is 1. The van der Waals surface area contributed by atoms with Gasteiger partial charge in [-0.3, -0.25) is 4.79 Å². The van der Waals surface area contributed by atoms with Crippen molar-refractivity contribution in [1.82, 2.24) is 0 Å². The Morgan fingerprint density at radius 2 is 2.00 bits per heavy atom. The van der Waals surface area contributed by atoms with Gasteiger partial charge in [0.1, 0.15) is 22.5 Å². The highest BCUT2D eigenvalue weighted by molar-refractivity contribution is 5.84. The van der Waals surface area contributed by atoms with Crippen LogP contribution >= 0.6 is 0 Å². The zero-order chi connectivity index (χ0) is 10.3. The van der Waals surface area contributed by atoms with E-state index in [1.54, 1.807) is 12.1 Å². The van der Waals surface area contributed by atoms with E-state index in [0.717, 1.165) is 0 Å². The SMILES string of the molecule is Cc1oc2cccc(O)c2c(=O)c1O. The van der Waals surface area contributed by atoms with E-state index in [1.807, 2.05) is 0 Å². The average Bonchev–Trinajstić information content (AvgIpc) is 2.14. The van der Waals surface area contributed by atoms with Crippen molar-refractivity contribution in [2.45, 2.75) is 6.92 Å². The van der Waals surface area contributed by atoms with Gasteiger partial charge in [-0.15, -0.1) is 0 Å². The second kappa shape index (κ2) is 2.77. The first-order valence-corrected chi connectivity index (χ1v) is 4.05. The summed E-state index contributed by atoms with van der Waals surface area (Å²) in [6.45, 7) is 1.49. The molecule has 0 bridgehead atoms. The third kappa shape index (κ3) is 1.04. The van der Waals surface area contributed by atoms with E-state index in [2.05, 4.69) is 0 Å². The number of hydrogen-bond donors (Lipinski definition) is 2. The van der Waals surface area contributed by atoms with Crippen LogP contribution in [0, 0.1) is 6.92 Å². The van der Waals surface area contributed by atoms with Crippen LogP contribution in [0.25, 0.3) is 11.0 Å². The number of phenolic OH excluding ortho intramolecular Hbond substituents is 1. The Bertz CT molecular complexity index is 554. The second-order valence-corrected chi connectivity index (χ2v) is 2.99. The van der Waals surface area contributed by atoms with Crippen molar-refractivity contribution in [2.24, 2.45) is 0 Å². The molecule has 0 atom stereocenters. The summed E-state index contributed by atoms with van der Waals surface area (Å²) in [6, 6.07) is 4.49. The molecule has 0 saturated carbocycles. The summed E-state index contributed by atoms with van der Waals surface area (Å²) in [7, 11) is 0. The topological polar surface area (TPSA) is 70.7 Å². The minimum atomic E-state index is -0.609. The van der Waals surface area contributed by atoms with Crippen molar-refractivity contribution in [3.05, 3.63) is 34.2 Å². The standard InChI is InChI=1S/C10H8O4/c1-5-9(12)10(13)8-6(11)3-2-4-7(8)14-5/h2-4,11-12H,1H3. The van der Waals surface area contributed by atoms with Gasteiger partial charge in [-0.2, -0.15) is 0 Å². The molecular formula is C10H8O4. The number of aromatic hydroxyl groups is 2. The first-order chi connectivity index (χ1) is 6.61. The van der Waals surface area contributed by atoms with Crippen LogP contribution in [0.4, 0.5) is 0 Å². The summed E-state index contributed by atoms with van der Waals surface area (Å²) in [5, 5.41) is 18.7. The maximum absolute atomic E-state index is 11.5. The lowest BCUT2D eigenvalue weighted by molar-refractivity contribution is 0.424. The zero-order valence-electron chi connectivity index (χ0n) is 7.44. The zero-order valence-corrected chi connectivity index (χ0v) is 7.44. The van der Waals surface area contributed by atoms with Gasteiger partial charge in [0, 0.05) is 0 Å². The molecule has 0 aliphatic heterocycles. The van der Waals surface area contributed by atoms with E-state index in [4.69, 9.17) is 4.42 Å². The molecule has 0 spiro atoms. The van der Waals surface area contributed by atoms with Gasteiger partial charge in [-0.1, -0.05) is 6.07 Å². The van der Waals surface area contributed by atoms with Crippen LogP contribution in [0.15, 0.2) is 27.4 Å². The van der Waals surface area contributed by atoms with Crippen LogP contribution < -0.4 is 5.43 Å². The Hall–Kier alpha value is -1.97. The van der Waals surface area contributed by atoms with Crippen LogP contribution in [0.2, 0.25) is 0 Å². The molecule has 14 heavy (non-hydrogen) atoms. The molecule has 0 amide bonds. The van der Waals surface area contributed by atoms with Crippen molar-refractivity contribution in [3.63, 3.8) is 0 Å². The molecule has 1 aromatic carbocycles. The molecule has 4 heteroatoms. The van der Waals surface area contributed by atoms with E-state index in [0.29, 0.717) is 0 Å². The molecule has 0 fully saturated rings. The van der Waals surface area contributed by atoms with Crippen molar-refractivity contribution in [2.75, 3.05) is 0 Å². The highest BCUT2D eigenvalue weighted by Gasteiger charge is 2.12. The van der Waals surface area contributed by atoms with E-state index in [-0.39, 0.29) is 22.5 Å².